The smallest absolute Gasteiger partial charge is 0.0979 e. The minimum atomic E-state index is 0.831. The quantitative estimate of drug-likeness (QED) is 0.173. The predicted molar refractivity (Wildman–Crippen MR) is 228 cm³/mol. The molecule has 8 aromatic carbocycles. The van der Waals surface area contributed by atoms with Gasteiger partial charge in [-0.1, -0.05) is 101 Å². The van der Waals surface area contributed by atoms with Crippen LogP contribution in [0, 0.1) is 27.7 Å². The summed E-state index contributed by atoms with van der Waals surface area (Å²) < 4.78 is 4.88. The van der Waals surface area contributed by atoms with E-state index in [1.165, 1.54) is 76.6 Å². The summed E-state index contributed by atoms with van der Waals surface area (Å²) in [4.78, 5) is 10.9. The molecule has 0 radical (unpaired) electrons. The fourth-order valence-corrected chi connectivity index (χ4v) is 8.93. The highest BCUT2D eigenvalue weighted by molar-refractivity contribution is 6.23. The summed E-state index contributed by atoms with van der Waals surface area (Å²) in [5.74, 6) is 0. The summed E-state index contributed by atoms with van der Waals surface area (Å²) in [5.41, 5.74) is 15.4. The molecule has 0 saturated carbocycles. The van der Waals surface area contributed by atoms with E-state index in [2.05, 4.69) is 176 Å². The summed E-state index contributed by atoms with van der Waals surface area (Å²) in [6, 6.07) is 51.1. The van der Waals surface area contributed by atoms with Crippen molar-refractivity contribution in [1.29, 1.82) is 0 Å². The van der Waals surface area contributed by atoms with Crippen molar-refractivity contribution in [2.45, 2.75) is 27.7 Å². The van der Waals surface area contributed by atoms with E-state index < -0.39 is 0 Å². The lowest BCUT2D eigenvalue weighted by molar-refractivity contribution is 1.12. The van der Waals surface area contributed by atoms with Gasteiger partial charge in [0.25, 0.3) is 0 Å². The highest BCUT2D eigenvalue weighted by Gasteiger charge is 2.24. The van der Waals surface area contributed by atoms with Crippen molar-refractivity contribution in [3.05, 3.63) is 168 Å². The topological polar surface area (TPSA) is 35.6 Å². The maximum atomic E-state index is 5.65. The zero-order chi connectivity index (χ0) is 36.2. The monoisotopic (exact) mass is 692 g/mol. The molecule has 0 aliphatic carbocycles. The van der Waals surface area contributed by atoms with Crippen molar-refractivity contribution < 1.29 is 0 Å². The van der Waals surface area contributed by atoms with Gasteiger partial charge in [0.05, 0.1) is 56.4 Å². The highest BCUT2D eigenvalue weighted by Crippen LogP contribution is 2.43. The Bertz CT molecular complexity index is 3080. The number of rotatable bonds is 3. The van der Waals surface area contributed by atoms with Gasteiger partial charge in [-0.2, -0.15) is 0 Å². The first kappa shape index (κ1) is 30.8. The number of benzene rings is 8. The average Bonchev–Trinajstić information content (AvgIpc) is 3.68. The zero-order valence-electron chi connectivity index (χ0n) is 30.6. The van der Waals surface area contributed by atoms with Crippen LogP contribution in [0.3, 0.4) is 0 Å². The molecule has 256 valence electrons. The highest BCUT2D eigenvalue weighted by atomic mass is 15.0. The van der Waals surface area contributed by atoms with Crippen LogP contribution in [-0.2, 0) is 0 Å². The molecule has 0 aliphatic rings. The first-order valence-corrected chi connectivity index (χ1v) is 18.7. The van der Waals surface area contributed by atoms with E-state index in [1.54, 1.807) is 0 Å². The Balaban J connectivity index is 1.33. The normalized spacial score (nSPS) is 12.1. The summed E-state index contributed by atoms with van der Waals surface area (Å²) in [6.45, 7) is 8.70. The minimum Gasteiger partial charge on any atom is -0.308 e. The zero-order valence-corrected chi connectivity index (χ0v) is 30.6. The van der Waals surface area contributed by atoms with E-state index in [0.29, 0.717) is 0 Å². The molecule has 0 N–H and O–H groups in total. The average molecular weight is 693 g/mol. The van der Waals surface area contributed by atoms with Crippen LogP contribution in [0.15, 0.2) is 146 Å². The second-order valence-electron chi connectivity index (χ2n) is 15.0. The van der Waals surface area contributed by atoms with Crippen LogP contribution in [0.5, 0.6) is 0 Å². The van der Waals surface area contributed by atoms with Gasteiger partial charge in [0.2, 0.25) is 0 Å². The van der Waals surface area contributed by atoms with Crippen molar-refractivity contribution in [3.8, 4) is 22.6 Å². The second kappa shape index (κ2) is 11.4. The van der Waals surface area contributed by atoms with Crippen LogP contribution in [-0.4, -0.2) is 19.1 Å². The first-order chi connectivity index (χ1) is 26.4. The number of hydrogen-bond donors (Lipinski definition) is 0. The molecule has 3 aromatic heterocycles. The molecule has 11 rings (SSSR count). The fourth-order valence-electron chi connectivity index (χ4n) is 8.93. The van der Waals surface area contributed by atoms with Gasteiger partial charge in [0.1, 0.15) is 0 Å². The largest absolute Gasteiger partial charge is 0.308 e. The molecule has 0 fully saturated rings. The van der Waals surface area contributed by atoms with E-state index >= 15 is 0 Å². The van der Waals surface area contributed by atoms with E-state index in [0.717, 1.165) is 44.4 Å². The number of fused-ring (bicyclic) bond motifs is 12. The Hall–Kier alpha value is -6.78. The first-order valence-electron chi connectivity index (χ1n) is 18.7. The molecule has 0 amide bonds. The standard InChI is InChI=1S/C50H36N4/c1-29-16-20-42-37(24-29)38-25-30(2)17-21-43(38)53(42)46-14-9-15-47(54-44-22-18-31(3)26-39(44)40-27-32(4)19-23-45(40)54)48(46)41-28-51-49-35-12-7-5-10-33(35)34-11-6-8-13-36(34)50(49)52-41/h5-28H,1-4H3. The van der Waals surface area contributed by atoms with Gasteiger partial charge in [-0.05, 0) is 99.1 Å². The Kier molecular flexibility index (Phi) is 6.48. The molecule has 11 aromatic rings. The van der Waals surface area contributed by atoms with Crippen LogP contribution >= 0.6 is 0 Å². The molecule has 0 spiro atoms. The van der Waals surface area contributed by atoms with Gasteiger partial charge in [0, 0.05) is 37.9 Å². The molecule has 4 heteroatoms. The van der Waals surface area contributed by atoms with Crippen LogP contribution in [0.25, 0.3) is 98.8 Å². The molecule has 0 atom stereocenters. The van der Waals surface area contributed by atoms with Crippen LogP contribution in [0.4, 0.5) is 0 Å². The van der Waals surface area contributed by atoms with Crippen molar-refractivity contribution in [1.82, 2.24) is 19.1 Å². The Morgan fingerprint density at radius 2 is 0.759 bits per heavy atom. The SMILES string of the molecule is Cc1ccc2c(c1)c1cc(C)ccc1n2-c1cccc(-n2c3ccc(C)cc3c3cc(C)ccc32)c1-c1cnc2c3ccccc3c3ccccc3c2n1. The molecule has 54 heavy (non-hydrogen) atoms. The molecule has 0 saturated heterocycles. The fraction of sp³-hybridized carbons (Fsp3) is 0.0800. The van der Waals surface area contributed by atoms with Crippen molar-refractivity contribution in [3.63, 3.8) is 0 Å². The van der Waals surface area contributed by atoms with E-state index in [9.17, 15) is 0 Å². The van der Waals surface area contributed by atoms with Crippen LogP contribution < -0.4 is 0 Å². The molecule has 4 nitrogen and oxygen atoms in total. The minimum absolute atomic E-state index is 0.831. The number of aromatic nitrogens is 4. The molecule has 0 bridgehead atoms. The van der Waals surface area contributed by atoms with Gasteiger partial charge >= 0.3 is 0 Å². The summed E-state index contributed by atoms with van der Waals surface area (Å²) >= 11 is 0. The Labute approximate surface area is 312 Å². The maximum Gasteiger partial charge on any atom is 0.0979 e. The third-order valence-electron chi connectivity index (χ3n) is 11.3. The summed E-state index contributed by atoms with van der Waals surface area (Å²) in [6.07, 6.45) is 2.00. The lowest BCUT2D eigenvalue weighted by Gasteiger charge is -2.20. The van der Waals surface area contributed by atoms with Gasteiger partial charge in [-0.25, -0.2) is 4.98 Å². The molecular formula is C50H36N4. The molecular weight excluding hydrogens is 657 g/mol. The van der Waals surface area contributed by atoms with E-state index in [-0.39, 0.29) is 0 Å². The Morgan fingerprint density at radius 1 is 0.370 bits per heavy atom. The third kappa shape index (κ3) is 4.37. The predicted octanol–water partition coefficient (Wildman–Crippen LogP) is 13.0. The van der Waals surface area contributed by atoms with Gasteiger partial charge < -0.3 is 9.13 Å². The third-order valence-corrected chi connectivity index (χ3v) is 11.3. The van der Waals surface area contributed by atoms with E-state index in [1.807, 2.05) is 6.20 Å². The number of aryl methyl sites for hydroxylation is 4. The maximum absolute atomic E-state index is 5.65. The van der Waals surface area contributed by atoms with Crippen molar-refractivity contribution in [2.24, 2.45) is 0 Å². The van der Waals surface area contributed by atoms with Crippen LogP contribution in [0.2, 0.25) is 0 Å². The van der Waals surface area contributed by atoms with E-state index in [4.69, 9.17) is 9.97 Å². The van der Waals surface area contributed by atoms with Gasteiger partial charge in [0.15, 0.2) is 0 Å². The summed E-state index contributed by atoms with van der Waals surface area (Å²) in [7, 11) is 0. The lowest BCUT2D eigenvalue weighted by atomic mass is 9.99. The lowest BCUT2D eigenvalue weighted by Crippen LogP contribution is -2.05. The van der Waals surface area contributed by atoms with Crippen LogP contribution in [0.1, 0.15) is 22.3 Å². The van der Waals surface area contributed by atoms with Crippen molar-refractivity contribution in [2.75, 3.05) is 0 Å². The van der Waals surface area contributed by atoms with Gasteiger partial charge in [-0.3, -0.25) is 4.98 Å². The summed E-state index contributed by atoms with van der Waals surface area (Å²) in [5, 5.41) is 9.57. The molecule has 3 heterocycles. The second-order valence-corrected chi connectivity index (χ2v) is 15.0. The number of hydrogen-bond acceptors (Lipinski definition) is 2. The number of nitrogens with zero attached hydrogens (tertiary/aromatic N) is 4. The molecule has 0 aliphatic heterocycles. The van der Waals surface area contributed by atoms with Gasteiger partial charge in [-0.15, -0.1) is 0 Å². The Morgan fingerprint density at radius 3 is 1.19 bits per heavy atom. The molecule has 0 unspecified atom stereocenters. The van der Waals surface area contributed by atoms with Crippen molar-refractivity contribution >= 4 is 76.2 Å².